The molecule has 0 aromatic carbocycles. The molecular weight excluding hydrogens is 442 g/mol. The zero-order valence-corrected chi connectivity index (χ0v) is 23.3. The molecule has 2 spiro atoms. The molecule has 2 nitrogen and oxygen atoms in total. The highest BCUT2D eigenvalue weighted by Gasteiger charge is 2.84. The predicted octanol–water partition coefficient (Wildman–Crippen LogP) is 7.61. The minimum Gasteiger partial charge on any atom is -0.393 e. The smallest absolute Gasteiger partial charge is 0.253 e. The van der Waals surface area contributed by atoms with Crippen LogP contribution in [-0.2, 0) is 0 Å². The summed E-state index contributed by atoms with van der Waals surface area (Å²) in [4.78, 5) is 0. The zero-order chi connectivity index (χ0) is 25.7. The molecule has 9 unspecified atom stereocenters. The highest BCUT2D eigenvalue weighted by atomic mass is 19.3. The van der Waals surface area contributed by atoms with Gasteiger partial charge in [-0.1, -0.05) is 34.6 Å². The highest BCUT2D eigenvalue weighted by Crippen LogP contribution is 2.90. The summed E-state index contributed by atoms with van der Waals surface area (Å²) in [5.41, 5.74) is -1.08. The van der Waals surface area contributed by atoms with Crippen LogP contribution in [-0.4, -0.2) is 27.8 Å². The second kappa shape index (κ2) is 6.67. The molecule has 0 heterocycles. The molecule has 6 aliphatic rings. The van der Waals surface area contributed by atoms with Gasteiger partial charge in [0.2, 0.25) is 0 Å². The Morgan fingerprint density at radius 3 is 1.97 bits per heavy atom. The Morgan fingerprint density at radius 2 is 1.34 bits per heavy atom. The summed E-state index contributed by atoms with van der Waals surface area (Å²) in [7, 11) is 0. The Bertz CT molecular complexity index is 923. The average Bonchev–Trinajstić information content (AvgIpc) is 3.12. The topological polar surface area (TPSA) is 40.5 Å². The second-order valence-corrected chi connectivity index (χ2v) is 16.4. The van der Waals surface area contributed by atoms with Gasteiger partial charge in [0.15, 0.2) is 0 Å². The first-order valence-corrected chi connectivity index (χ1v) is 14.7. The fraction of sp³-hybridized carbons (Fsp3) is 1.00. The van der Waals surface area contributed by atoms with Gasteiger partial charge in [0.05, 0.1) is 11.7 Å². The molecular formula is C31H50F2O2. The molecule has 0 amide bonds. The van der Waals surface area contributed by atoms with E-state index in [0.717, 1.165) is 57.8 Å². The molecule has 0 aromatic heterocycles. The standard InChI is InChI=1S/C31H50F2O2/c1-24(2)21-8-9-22-28(7)17-20(34)23(26(5)11-10-19(16-26)25(3,4)35)27(28,6)12-13-30(22)18-29(21,30)14-15-31(24,32)33/h19-23,34-35H,8-18H2,1-7H3/t19?,20?,21?,22?,23?,26?,27?,28-,29?,30?/m0/s1. The third-order valence-electron chi connectivity index (χ3n) is 14.7. The van der Waals surface area contributed by atoms with Gasteiger partial charge in [0.1, 0.15) is 0 Å². The molecule has 200 valence electrons. The fourth-order valence-electron chi connectivity index (χ4n) is 12.7. The van der Waals surface area contributed by atoms with Gasteiger partial charge in [-0.3, -0.25) is 0 Å². The average molecular weight is 493 g/mol. The van der Waals surface area contributed by atoms with Crippen LogP contribution in [0.2, 0.25) is 0 Å². The van der Waals surface area contributed by atoms with Crippen molar-refractivity contribution in [2.75, 3.05) is 0 Å². The van der Waals surface area contributed by atoms with Crippen molar-refractivity contribution >= 4 is 0 Å². The van der Waals surface area contributed by atoms with Gasteiger partial charge in [-0.25, -0.2) is 8.78 Å². The van der Waals surface area contributed by atoms with Crippen molar-refractivity contribution in [2.24, 2.45) is 56.2 Å². The number of alkyl halides is 2. The number of halogens is 2. The summed E-state index contributed by atoms with van der Waals surface area (Å²) in [5, 5.41) is 22.5. The Morgan fingerprint density at radius 1 is 0.743 bits per heavy atom. The molecule has 0 aliphatic heterocycles. The lowest BCUT2D eigenvalue weighted by Crippen LogP contribution is -2.59. The van der Waals surface area contributed by atoms with Gasteiger partial charge >= 0.3 is 0 Å². The molecule has 2 N–H and O–H groups in total. The third-order valence-corrected chi connectivity index (χ3v) is 14.7. The van der Waals surface area contributed by atoms with Crippen LogP contribution in [0.25, 0.3) is 0 Å². The van der Waals surface area contributed by atoms with Gasteiger partial charge in [0.25, 0.3) is 5.92 Å². The van der Waals surface area contributed by atoms with E-state index in [1.165, 1.54) is 0 Å². The maximum absolute atomic E-state index is 15.1. The second-order valence-electron chi connectivity index (χ2n) is 16.4. The lowest BCUT2D eigenvalue weighted by molar-refractivity contribution is -0.217. The lowest BCUT2D eigenvalue weighted by Gasteiger charge is -2.64. The summed E-state index contributed by atoms with van der Waals surface area (Å²) in [5.74, 6) is -1.34. The van der Waals surface area contributed by atoms with E-state index in [4.69, 9.17) is 0 Å². The first-order valence-electron chi connectivity index (χ1n) is 14.7. The van der Waals surface area contributed by atoms with Crippen LogP contribution < -0.4 is 0 Å². The Labute approximate surface area is 212 Å². The normalized spacial score (nSPS) is 58.2. The molecule has 6 fully saturated rings. The fourth-order valence-corrected chi connectivity index (χ4v) is 12.7. The van der Waals surface area contributed by atoms with Crippen LogP contribution in [0.3, 0.4) is 0 Å². The summed E-state index contributed by atoms with van der Waals surface area (Å²) >= 11 is 0. The van der Waals surface area contributed by atoms with Crippen molar-refractivity contribution in [1.82, 2.24) is 0 Å². The van der Waals surface area contributed by atoms with E-state index >= 15 is 8.78 Å². The molecule has 0 aromatic rings. The van der Waals surface area contributed by atoms with Gasteiger partial charge in [0, 0.05) is 11.8 Å². The van der Waals surface area contributed by atoms with Crippen molar-refractivity contribution in [1.29, 1.82) is 0 Å². The Balaban J connectivity index is 1.34. The molecule has 0 bridgehead atoms. The predicted molar refractivity (Wildman–Crippen MR) is 135 cm³/mol. The van der Waals surface area contributed by atoms with Gasteiger partial charge < -0.3 is 10.2 Å². The van der Waals surface area contributed by atoms with E-state index in [1.54, 1.807) is 0 Å². The summed E-state index contributed by atoms with van der Waals surface area (Å²) < 4.78 is 30.2. The van der Waals surface area contributed by atoms with E-state index in [1.807, 2.05) is 27.7 Å². The third kappa shape index (κ3) is 2.73. The molecule has 10 atom stereocenters. The van der Waals surface area contributed by atoms with Crippen molar-refractivity contribution in [2.45, 2.75) is 137 Å². The van der Waals surface area contributed by atoms with Gasteiger partial charge in [-0.15, -0.1) is 0 Å². The molecule has 35 heavy (non-hydrogen) atoms. The van der Waals surface area contributed by atoms with Crippen molar-refractivity contribution < 1.29 is 19.0 Å². The van der Waals surface area contributed by atoms with E-state index in [2.05, 4.69) is 20.8 Å². The van der Waals surface area contributed by atoms with Crippen molar-refractivity contribution in [3.05, 3.63) is 0 Å². The first-order chi connectivity index (χ1) is 15.9. The van der Waals surface area contributed by atoms with Crippen LogP contribution in [0.5, 0.6) is 0 Å². The number of aliphatic hydroxyl groups is 2. The zero-order valence-electron chi connectivity index (χ0n) is 23.3. The molecule has 0 radical (unpaired) electrons. The number of aliphatic hydroxyl groups excluding tert-OH is 1. The molecule has 6 saturated carbocycles. The number of rotatable bonds is 2. The van der Waals surface area contributed by atoms with E-state index in [9.17, 15) is 10.2 Å². The first kappa shape index (κ1) is 25.1. The maximum Gasteiger partial charge on any atom is 0.253 e. The largest absolute Gasteiger partial charge is 0.393 e. The SMILES string of the molecule is CC(C)(O)C1CCC(C)(C2C(O)C[C@@]3(C)C4CCC5C(C)(C)C(F)(F)CCC56CC46CCC23C)C1. The van der Waals surface area contributed by atoms with Crippen molar-refractivity contribution in [3.8, 4) is 0 Å². The van der Waals surface area contributed by atoms with Crippen LogP contribution in [0, 0.1) is 56.2 Å². The van der Waals surface area contributed by atoms with E-state index < -0.39 is 16.9 Å². The highest BCUT2D eigenvalue weighted by molar-refractivity contribution is 5.32. The molecule has 4 heteroatoms. The van der Waals surface area contributed by atoms with Gasteiger partial charge in [-0.2, -0.15) is 0 Å². The Hall–Kier alpha value is -0.220. The summed E-state index contributed by atoms with van der Waals surface area (Å²) in [6.07, 6.45) is 9.86. The molecule has 0 saturated heterocycles. The number of hydrogen-bond donors (Lipinski definition) is 2. The quantitative estimate of drug-likeness (QED) is 0.416. The molecule has 6 rings (SSSR count). The monoisotopic (exact) mass is 492 g/mol. The van der Waals surface area contributed by atoms with Crippen LogP contribution >= 0.6 is 0 Å². The van der Waals surface area contributed by atoms with E-state index in [0.29, 0.717) is 18.3 Å². The van der Waals surface area contributed by atoms with E-state index in [-0.39, 0.29) is 51.4 Å². The number of fused-ring (bicyclic) bond motifs is 2. The maximum atomic E-state index is 15.1. The summed E-state index contributed by atoms with van der Waals surface area (Å²) in [6.45, 7) is 15.0. The van der Waals surface area contributed by atoms with Crippen molar-refractivity contribution in [3.63, 3.8) is 0 Å². The van der Waals surface area contributed by atoms with Crippen LogP contribution in [0.4, 0.5) is 8.78 Å². The van der Waals surface area contributed by atoms with Gasteiger partial charge in [-0.05, 0) is 129 Å². The summed E-state index contributed by atoms with van der Waals surface area (Å²) in [6, 6.07) is 0. The minimum atomic E-state index is -2.56. The number of hydrogen-bond acceptors (Lipinski definition) is 2. The van der Waals surface area contributed by atoms with Crippen LogP contribution in [0.15, 0.2) is 0 Å². The minimum absolute atomic E-state index is 0.0500. The molecule has 6 aliphatic carbocycles. The lowest BCUT2D eigenvalue weighted by atomic mass is 9.41. The Kier molecular flexibility index (Phi) is 4.78. The van der Waals surface area contributed by atoms with Crippen LogP contribution in [0.1, 0.15) is 119 Å².